The largest absolute Gasteiger partial charge is 0.496 e. The number of allylic oxidation sites excluding steroid dienone is 1. The van der Waals surface area contributed by atoms with E-state index < -0.39 is 68.7 Å². The Morgan fingerprint density at radius 1 is 1.14 bits per heavy atom. The zero-order valence-electron chi connectivity index (χ0n) is 32.8. The molecular weight excluding hydrogens is 755 g/mol. The second kappa shape index (κ2) is 16.5. The van der Waals surface area contributed by atoms with Crippen molar-refractivity contribution in [2.75, 3.05) is 26.9 Å². The number of aromatic nitrogens is 1. The van der Waals surface area contributed by atoms with Crippen LogP contribution in [0.5, 0.6) is 17.4 Å². The highest BCUT2D eigenvalue weighted by atomic mass is 32.2. The van der Waals surface area contributed by atoms with Gasteiger partial charge in [-0.05, 0) is 63.4 Å². The number of sulfonamides is 1. The number of rotatable bonds is 10. The molecule has 3 aliphatic carbocycles. The first-order valence-electron chi connectivity index (χ1n) is 20.1. The Balaban J connectivity index is 1.27. The molecule has 3 saturated carbocycles. The lowest BCUT2D eigenvalue weighted by atomic mass is 9.83. The molecule has 4 bridgehead atoms. The molecule has 5 aliphatic rings. The predicted molar refractivity (Wildman–Crippen MR) is 211 cm³/mol. The highest BCUT2D eigenvalue weighted by molar-refractivity contribution is 7.91. The van der Waals surface area contributed by atoms with Crippen LogP contribution in [-0.2, 0) is 29.1 Å². The van der Waals surface area contributed by atoms with Crippen LogP contribution in [-0.4, -0.2) is 98.0 Å². The molecule has 0 unspecified atom stereocenters. The number of carbonyl (C=O) groups is 4. The molecule has 3 heterocycles. The molecule has 3 N–H and O–H groups in total. The summed E-state index contributed by atoms with van der Waals surface area (Å²) in [6, 6.07) is 3.27. The van der Waals surface area contributed by atoms with Gasteiger partial charge in [0.15, 0.2) is 0 Å². The van der Waals surface area contributed by atoms with Gasteiger partial charge in [0.1, 0.15) is 35.2 Å². The maximum Gasteiger partial charge on any atom is 0.407 e. The number of fused-ring (bicyclic) bond motifs is 3. The minimum Gasteiger partial charge on any atom is -0.496 e. The van der Waals surface area contributed by atoms with Crippen LogP contribution in [0.25, 0.3) is 17.0 Å². The molecule has 4 amide bonds. The Labute approximate surface area is 333 Å². The van der Waals surface area contributed by atoms with E-state index in [1.165, 1.54) is 11.0 Å². The van der Waals surface area contributed by atoms with Gasteiger partial charge in [-0.3, -0.25) is 19.1 Å². The summed E-state index contributed by atoms with van der Waals surface area (Å²) < 4.78 is 51.7. The Hall–Kier alpha value is -4.86. The smallest absolute Gasteiger partial charge is 0.407 e. The van der Waals surface area contributed by atoms with Crippen molar-refractivity contribution in [3.05, 3.63) is 42.5 Å². The quantitative estimate of drug-likeness (QED) is 0.289. The van der Waals surface area contributed by atoms with Gasteiger partial charge in [-0.15, -0.1) is 6.58 Å². The summed E-state index contributed by atoms with van der Waals surface area (Å²) in [6.07, 6.45) is 9.88. The molecular formula is C41H53N5O10S. The third-order valence-corrected chi connectivity index (χ3v) is 13.6. The van der Waals surface area contributed by atoms with Crippen LogP contribution in [0.15, 0.2) is 36.9 Å². The molecule has 1 saturated heterocycles. The van der Waals surface area contributed by atoms with Crippen molar-refractivity contribution in [2.24, 2.45) is 17.8 Å². The van der Waals surface area contributed by atoms with Crippen LogP contribution in [0.4, 0.5) is 4.79 Å². The van der Waals surface area contributed by atoms with Gasteiger partial charge in [0.25, 0.3) is 5.91 Å². The number of carbonyl (C=O) groups excluding carboxylic acids is 4. The molecule has 7 rings (SSSR count). The lowest BCUT2D eigenvalue weighted by molar-refractivity contribution is -0.142. The summed E-state index contributed by atoms with van der Waals surface area (Å²) in [5.74, 6) is -1.39. The van der Waals surface area contributed by atoms with Crippen molar-refractivity contribution in [2.45, 2.75) is 107 Å². The van der Waals surface area contributed by atoms with Gasteiger partial charge >= 0.3 is 6.09 Å². The molecule has 2 aliphatic heterocycles. The predicted octanol–water partition coefficient (Wildman–Crippen LogP) is 4.39. The average molecular weight is 808 g/mol. The SMILES string of the molecule is C=C[C@H]1C[C@@]1(NC(=O)[C@@H]1C[C@@H]2CN1C(=O)[C@H](C1CCCCC1)NC(=O)OC[C@H](C)C/C=C/c1cc3c(cc(OCC)nc3cc1OC)O2)C(=O)NS(=O)(=O)C1CC1. The third-order valence-electron chi connectivity index (χ3n) is 11.8. The van der Waals surface area contributed by atoms with E-state index in [1.54, 1.807) is 19.2 Å². The Morgan fingerprint density at radius 3 is 2.60 bits per heavy atom. The van der Waals surface area contributed by atoms with Crippen molar-refractivity contribution in [1.29, 1.82) is 0 Å². The molecule has 0 spiro atoms. The van der Waals surface area contributed by atoms with E-state index in [0.717, 1.165) is 24.8 Å². The highest BCUT2D eigenvalue weighted by Crippen LogP contribution is 2.46. The molecule has 57 heavy (non-hydrogen) atoms. The maximum absolute atomic E-state index is 14.9. The normalized spacial score (nSPS) is 28.9. The number of alkyl carbamates (subject to hydrolysis) is 1. The average Bonchev–Trinajstić information content (AvgIpc) is 4.12. The summed E-state index contributed by atoms with van der Waals surface area (Å²) in [4.78, 5) is 62.5. The monoisotopic (exact) mass is 807 g/mol. The van der Waals surface area contributed by atoms with Crippen LogP contribution in [0.2, 0.25) is 0 Å². The molecule has 0 radical (unpaired) electrons. The summed E-state index contributed by atoms with van der Waals surface area (Å²) in [6.45, 7) is 8.05. The fourth-order valence-electron chi connectivity index (χ4n) is 8.33. The van der Waals surface area contributed by atoms with Crippen molar-refractivity contribution >= 4 is 50.8 Å². The van der Waals surface area contributed by atoms with E-state index in [-0.39, 0.29) is 37.8 Å². The van der Waals surface area contributed by atoms with Gasteiger partial charge in [0, 0.05) is 35.4 Å². The molecule has 308 valence electrons. The lowest BCUT2D eigenvalue weighted by Gasteiger charge is -2.34. The van der Waals surface area contributed by atoms with Gasteiger partial charge in [-0.25, -0.2) is 18.2 Å². The fraction of sp³-hybridized carbons (Fsp3) is 0.585. The number of nitrogens with zero attached hydrogens (tertiary/aromatic N) is 2. The van der Waals surface area contributed by atoms with E-state index in [1.807, 2.05) is 32.1 Å². The van der Waals surface area contributed by atoms with Gasteiger partial charge in [-0.1, -0.05) is 44.4 Å². The van der Waals surface area contributed by atoms with Crippen LogP contribution < -0.4 is 29.6 Å². The standard InChI is InChI=1S/C41H53N5O10S/c1-5-27-21-41(27,39(49)45-57(51,52)29-15-16-29)44-37(47)32-18-28-22-46(32)38(48)36(25-12-8-7-9-13-25)43-40(50)55-23-24(3)11-10-14-26-17-30-31(19-33(26)53-4)42-35(54-6-2)20-34(30)56-28/h5,10,14,17,19-20,24-25,27-29,32,36H,1,6-9,11-13,15-16,18,21-23H2,2-4H3,(H,43,50)(H,44,47)(H,45,49)/b14-10+/t24-,27+,28-,32+,36+,41+/m1/s1. The van der Waals surface area contributed by atoms with Crippen molar-refractivity contribution < 1.29 is 46.5 Å². The van der Waals surface area contributed by atoms with E-state index in [0.29, 0.717) is 67.0 Å². The van der Waals surface area contributed by atoms with Crippen molar-refractivity contribution in [3.63, 3.8) is 0 Å². The molecule has 6 atom stereocenters. The molecule has 1 aromatic heterocycles. The van der Waals surface area contributed by atoms with Gasteiger partial charge in [0.2, 0.25) is 27.7 Å². The van der Waals surface area contributed by atoms with E-state index in [4.69, 9.17) is 23.9 Å². The first-order chi connectivity index (χ1) is 27.3. The molecule has 15 nitrogen and oxygen atoms in total. The van der Waals surface area contributed by atoms with E-state index in [2.05, 4.69) is 21.9 Å². The van der Waals surface area contributed by atoms with Gasteiger partial charge in [-0.2, -0.15) is 0 Å². The first kappa shape index (κ1) is 40.3. The Bertz CT molecular complexity index is 2050. The minimum absolute atomic E-state index is 0.0231. The number of benzene rings is 1. The zero-order valence-corrected chi connectivity index (χ0v) is 33.6. The number of ether oxygens (including phenoxy) is 4. The number of methoxy groups -OCH3 is 1. The van der Waals surface area contributed by atoms with Crippen LogP contribution in [0.1, 0.15) is 83.6 Å². The lowest BCUT2D eigenvalue weighted by Crippen LogP contribution is -2.59. The summed E-state index contributed by atoms with van der Waals surface area (Å²) in [5, 5.41) is 5.73. The highest BCUT2D eigenvalue weighted by Gasteiger charge is 2.62. The number of pyridine rings is 1. The minimum atomic E-state index is -3.91. The summed E-state index contributed by atoms with van der Waals surface area (Å²) in [7, 11) is -2.34. The summed E-state index contributed by atoms with van der Waals surface area (Å²) in [5.41, 5.74) is -0.240. The van der Waals surface area contributed by atoms with Gasteiger partial charge in [0.05, 0.1) is 37.6 Å². The molecule has 16 heteroatoms. The zero-order chi connectivity index (χ0) is 40.5. The third kappa shape index (κ3) is 8.70. The second-order valence-electron chi connectivity index (χ2n) is 16.0. The number of hydrogen-bond acceptors (Lipinski definition) is 11. The first-order valence-corrected chi connectivity index (χ1v) is 21.6. The van der Waals surface area contributed by atoms with Crippen LogP contribution in [0, 0.1) is 17.8 Å². The molecule has 1 aromatic carbocycles. The van der Waals surface area contributed by atoms with Crippen LogP contribution in [0.3, 0.4) is 0 Å². The number of nitrogens with one attached hydrogen (secondary N) is 3. The van der Waals surface area contributed by atoms with E-state index in [9.17, 15) is 27.6 Å². The van der Waals surface area contributed by atoms with Crippen LogP contribution >= 0.6 is 0 Å². The second-order valence-corrected chi connectivity index (χ2v) is 18.0. The Kier molecular flexibility index (Phi) is 11.7. The molecule has 2 aromatic rings. The number of hydrogen-bond donors (Lipinski definition) is 3. The number of cyclic esters (lactones) is 1. The fourth-order valence-corrected chi connectivity index (χ4v) is 9.69. The molecule has 4 fully saturated rings. The maximum atomic E-state index is 14.9. The topological polar surface area (TPSA) is 192 Å². The van der Waals surface area contributed by atoms with Crippen molar-refractivity contribution in [1.82, 2.24) is 25.2 Å². The van der Waals surface area contributed by atoms with Crippen molar-refractivity contribution in [3.8, 4) is 17.4 Å². The number of amides is 4. The van der Waals surface area contributed by atoms with E-state index >= 15 is 0 Å². The summed E-state index contributed by atoms with van der Waals surface area (Å²) >= 11 is 0. The van der Waals surface area contributed by atoms with Gasteiger partial charge < -0.3 is 34.5 Å². The Morgan fingerprint density at radius 2 is 1.91 bits per heavy atom.